The molecule has 0 saturated carbocycles. The third kappa shape index (κ3) is 2.55. The second-order valence-electron chi connectivity index (χ2n) is 3.49. The Morgan fingerprint density at radius 3 is 2.73 bits per heavy atom. The molecule has 1 fully saturated rings. The summed E-state index contributed by atoms with van der Waals surface area (Å²) in [7, 11) is 1.25. The lowest BCUT2D eigenvalue weighted by Gasteiger charge is -2.30. The molecule has 0 aromatic carbocycles. The van der Waals surface area contributed by atoms with Crippen molar-refractivity contribution < 1.29 is 19.1 Å². The molecule has 1 atom stereocenters. The average molecular weight is 213 g/mol. The molecule has 5 nitrogen and oxygen atoms in total. The van der Waals surface area contributed by atoms with Gasteiger partial charge in [0.05, 0.1) is 7.11 Å². The molecule has 1 saturated heterocycles. The number of Topliss-reactive ketones (excluding diaryl/α,β-unsaturated/α-hetero) is 1. The van der Waals surface area contributed by atoms with E-state index in [2.05, 4.69) is 4.74 Å². The molecule has 15 heavy (non-hydrogen) atoms. The highest BCUT2D eigenvalue weighted by molar-refractivity contribution is 6.00. The summed E-state index contributed by atoms with van der Waals surface area (Å²) in [6, 6.07) is 0. The number of hydrogen-bond acceptors (Lipinski definition) is 4. The second kappa shape index (κ2) is 4.91. The van der Waals surface area contributed by atoms with Crippen molar-refractivity contribution in [3.63, 3.8) is 0 Å². The number of nitrogens with zero attached hydrogens (tertiary/aromatic N) is 1. The van der Waals surface area contributed by atoms with Gasteiger partial charge in [0, 0.05) is 25.9 Å². The number of carbonyl (C=O) groups excluding carboxylic acids is 3. The van der Waals surface area contributed by atoms with E-state index in [4.69, 9.17) is 0 Å². The molecule has 1 aliphatic heterocycles. The van der Waals surface area contributed by atoms with Crippen LogP contribution in [0.1, 0.15) is 19.8 Å². The molecule has 0 aromatic heterocycles. The van der Waals surface area contributed by atoms with Gasteiger partial charge in [-0.15, -0.1) is 0 Å². The number of likely N-dealkylation sites (tertiary alicyclic amines) is 1. The molecule has 0 radical (unpaired) electrons. The molecule has 0 aromatic rings. The molecule has 0 bridgehead atoms. The molecule has 84 valence electrons. The fourth-order valence-corrected chi connectivity index (χ4v) is 1.63. The van der Waals surface area contributed by atoms with Gasteiger partial charge in [-0.25, -0.2) is 0 Å². The predicted molar refractivity (Wildman–Crippen MR) is 52.0 cm³/mol. The van der Waals surface area contributed by atoms with Crippen LogP contribution in [0, 0.1) is 5.92 Å². The zero-order chi connectivity index (χ0) is 11.4. The summed E-state index contributed by atoms with van der Waals surface area (Å²) in [5, 5.41) is 0. The van der Waals surface area contributed by atoms with Crippen LogP contribution in [-0.4, -0.2) is 42.8 Å². The third-order valence-corrected chi connectivity index (χ3v) is 2.56. The van der Waals surface area contributed by atoms with Crippen LogP contribution < -0.4 is 0 Å². The van der Waals surface area contributed by atoms with E-state index >= 15 is 0 Å². The van der Waals surface area contributed by atoms with Crippen molar-refractivity contribution in [2.75, 3.05) is 20.2 Å². The van der Waals surface area contributed by atoms with Crippen molar-refractivity contribution in [1.82, 2.24) is 4.90 Å². The Morgan fingerprint density at radius 2 is 2.20 bits per heavy atom. The lowest BCUT2D eigenvalue weighted by molar-refractivity contribution is -0.153. The van der Waals surface area contributed by atoms with Crippen molar-refractivity contribution in [3.8, 4) is 0 Å². The van der Waals surface area contributed by atoms with Crippen LogP contribution in [0.15, 0.2) is 0 Å². The summed E-state index contributed by atoms with van der Waals surface area (Å²) < 4.78 is 4.52. The fourth-order valence-electron chi connectivity index (χ4n) is 1.63. The van der Waals surface area contributed by atoms with Crippen LogP contribution in [0.25, 0.3) is 0 Å². The highest BCUT2D eigenvalue weighted by Crippen LogP contribution is 2.15. The van der Waals surface area contributed by atoms with E-state index in [1.165, 1.54) is 7.11 Å². The van der Waals surface area contributed by atoms with Gasteiger partial charge in [0.25, 0.3) is 0 Å². The average Bonchev–Trinajstić information content (AvgIpc) is 2.27. The maximum atomic E-state index is 11.4. The lowest BCUT2D eigenvalue weighted by Crippen LogP contribution is -2.47. The van der Waals surface area contributed by atoms with Crippen molar-refractivity contribution >= 4 is 17.7 Å². The molecule has 1 rings (SSSR count). The first-order valence-electron chi connectivity index (χ1n) is 4.98. The first-order chi connectivity index (χ1) is 7.10. The van der Waals surface area contributed by atoms with Gasteiger partial charge in [-0.1, -0.05) is 6.92 Å². The topological polar surface area (TPSA) is 63.7 Å². The lowest BCUT2D eigenvalue weighted by atomic mass is 9.96. The number of esters is 1. The number of piperidine rings is 1. The highest BCUT2D eigenvalue weighted by Gasteiger charge is 2.34. The van der Waals surface area contributed by atoms with Crippen molar-refractivity contribution in [3.05, 3.63) is 0 Å². The van der Waals surface area contributed by atoms with Crippen LogP contribution in [0.4, 0.5) is 0 Å². The molecule has 0 aliphatic carbocycles. The predicted octanol–water partition coefficient (Wildman–Crippen LogP) is -0.0130. The molecule has 0 N–H and O–H groups in total. The number of ether oxygens (including phenoxy) is 1. The van der Waals surface area contributed by atoms with Gasteiger partial charge in [-0.05, 0) is 0 Å². The molecule has 1 heterocycles. The molecule has 1 amide bonds. The van der Waals surface area contributed by atoms with E-state index in [1.54, 1.807) is 11.8 Å². The van der Waals surface area contributed by atoms with Gasteiger partial charge >= 0.3 is 5.97 Å². The Morgan fingerprint density at radius 1 is 1.53 bits per heavy atom. The first-order valence-corrected chi connectivity index (χ1v) is 4.98. The normalized spacial score (nSPS) is 21.3. The Balaban J connectivity index is 2.68. The van der Waals surface area contributed by atoms with Crippen LogP contribution in [0.5, 0.6) is 0 Å². The number of ketones is 1. The molecule has 0 spiro atoms. The zero-order valence-electron chi connectivity index (χ0n) is 8.99. The van der Waals surface area contributed by atoms with E-state index in [9.17, 15) is 14.4 Å². The van der Waals surface area contributed by atoms with Crippen molar-refractivity contribution in [2.45, 2.75) is 19.8 Å². The SMILES string of the molecule is CCC(=O)N1CCC(=O)C(C(=O)OC)C1. The van der Waals surface area contributed by atoms with Gasteiger partial charge in [0.2, 0.25) is 5.91 Å². The molecule has 5 heteroatoms. The van der Waals surface area contributed by atoms with Gasteiger partial charge in [-0.2, -0.15) is 0 Å². The summed E-state index contributed by atoms with van der Waals surface area (Å²) in [5.74, 6) is -1.51. The van der Waals surface area contributed by atoms with Crippen LogP contribution >= 0.6 is 0 Å². The monoisotopic (exact) mass is 213 g/mol. The van der Waals surface area contributed by atoms with Crippen molar-refractivity contribution in [1.29, 1.82) is 0 Å². The minimum absolute atomic E-state index is 0.0311. The number of hydrogen-bond donors (Lipinski definition) is 0. The maximum absolute atomic E-state index is 11.4. The minimum Gasteiger partial charge on any atom is -0.468 e. The number of methoxy groups -OCH3 is 1. The Bertz CT molecular complexity index is 279. The summed E-state index contributed by atoms with van der Waals surface area (Å²) >= 11 is 0. The maximum Gasteiger partial charge on any atom is 0.318 e. The summed E-state index contributed by atoms with van der Waals surface area (Å²) in [4.78, 5) is 35.6. The van der Waals surface area contributed by atoms with E-state index < -0.39 is 11.9 Å². The second-order valence-corrected chi connectivity index (χ2v) is 3.49. The molecular formula is C10H15NO4. The van der Waals surface area contributed by atoms with E-state index in [1.807, 2.05) is 0 Å². The van der Waals surface area contributed by atoms with Crippen LogP contribution in [0.3, 0.4) is 0 Å². The summed E-state index contributed by atoms with van der Waals surface area (Å²) in [5.41, 5.74) is 0. The summed E-state index contributed by atoms with van der Waals surface area (Å²) in [6.07, 6.45) is 0.633. The van der Waals surface area contributed by atoms with Crippen LogP contribution in [0.2, 0.25) is 0 Å². The van der Waals surface area contributed by atoms with E-state index in [0.29, 0.717) is 13.0 Å². The molecule has 1 unspecified atom stereocenters. The number of amides is 1. The Labute approximate surface area is 88.4 Å². The van der Waals surface area contributed by atoms with Gasteiger partial charge in [-0.3, -0.25) is 14.4 Å². The Hall–Kier alpha value is -1.39. The highest BCUT2D eigenvalue weighted by atomic mass is 16.5. The smallest absolute Gasteiger partial charge is 0.318 e. The van der Waals surface area contributed by atoms with E-state index in [-0.39, 0.29) is 24.7 Å². The van der Waals surface area contributed by atoms with Gasteiger partial charge in [0.1, 0.15) is 5.92 Å². The molecular weight excluding hydrogens is 198 g/mol. The van der Waals surface area contributed by atoms with Crippen LogP contribution in [-0.2, 0) is 19.1 Å². The largest absolute Gasteiger partial charge is 0.468 e. The van der Waals surface area contributed by atoms with Gasteiger partial charge < -0.3 is 9.64 Å². The zero-order valence-corrected chi connectivity index (χ0v) is 8.99. The quantitative estimate of drug-likeness (QED) is 0.478. The van der Waals surface area contributed by atoms with E-state index in [0.717, 1.165) is 0 Å². The molecule has 1 aliphatic rings. The third-order valence-electron chi connectivity index (χ3n) is 2.56. The first kappa shape index (κ1) is 11.7. The fraction of sp³-hybridized carbons (Fsp3) is 0.700. The number of rotatable bonds is 2. The minimum atomic E-state index is -0.792. The number of carbonyl (C=O) groups is 3. The van der Waals surface area contributed by atoms with Gasteiger partial charge in [0.15, 0.2) is 5.78 Å². The summed E-state index contributed by atoms with van der Waals surface area (Å²) in [6.45, 7) is 2.34. The Kier molecular flexibility index (Phi) is 3.82. The van der Waals surface area contributed by atoms with Crippen molar-refractivity contribution in [2.24, 2.45) is 5.92 Å². The standard InChI is InChI=1S/C10H15NO4/c1-3-9(13)11-5-4-8(12)7(6-11)10(14)15-2/h7H,3-6H2,1-2H3.